The molecule has 0 amide bonds. The van der Waals surface area contributed by atoms with Crippen molar-refractivity contribution in [3.8, 4) is 0 Å². The van der Waals surface area contributed by atoms with Gasteiger partial charge in [0.25, 0.3) is 0 Å². The molecule has 0 aliphatic carbocycles. The van der Waals surface area contributed by atoms with E-state index in [9.17, 15) is 9.70 Å². The van der Waals surface area contributed by atoms with Crippen LogP contribution >= 0.6 is 24.0 Å². The fourth-order valence-electron chi connectivity index (χ4n) is 0.471. The molecule has 76 valence electrons. The number of ether oxygens (including phenoxy) is 1. The number of hydrogen-bond acceptors (Lipinski definition) is 5. The first-order valence-corrected chi connectivity index (χ1v) is 3.69. The van der Waals surface area contributed by atoms with Gasteiger partial charge in [0.05, 0.1) is 12.5 Å². The maximum Gasteiger partial charge on any atom is 0.364 e. The summed E-state index contributed by atoms with van der Waals surface area (Å²) in [6, 6.07) is 0. The van der Waals surface area contributed by atoms with E-state index >= 15 is 0 Å². The van der Waals surface area contributed by atoms with Crippen molar-refractivity contribution in [3.63, 3.8) is 0 Å². The van der Waals surface area contributed by atoms with Gasteiger partial charge in [0.1, 0.15) is 5.76 Å². The van der Waals surface area contributed by atoms with Gasteiger partial charge in [-0.2, -0.15) is 0 Å². The van der Waals surface area contributed by atoms with Gasteiger partial charge in [-0.05, 0) is 12.1 Å². The first kappa shape index (κ1) is 14.7. The Morgan fingerprint density at radius 2 is 2.15 bits per heavy atom. The Morgan fingerprint density at radius 1 is 1.62 bits per heavy atom. The summed E-state index contributed by atoms with van der Waals surface area (Å²) in [4.78, 5) is 20.8. The van der Waals surface area contributed by atoms with E-state index in [2.05, 4.69) is 9.91 Å². The van der Waals surface area contributed by atoms with Crippen molar-refractivity contribution < 1.29 is 14.6 Å². The smallest absolute Gasteiger partial charge is 0.364 e. The van der Waals surface area contributed by atoms with Crippen LogP contribution in [-0.4, -0.2) is 23.6 Å². The molecular weight excluding hydrogens is 221 g/mol. The van der Waals surface area contributed by atoms with E-state index in [0.29, 0.717) is 0 Å². The number of carbonyl (C=O) groups excluding carboxylic acids is 1. The highest BCUT2D eigenvalue weighted by Gasteiger charge is 2.16. The van der Waals surface area contributed by atoms with Gasteiger partial charge >= 0.3 is 5.97 Å². The average molecular weight is 230 g/mol. The number of rotatable bonds is 4. The molecule has 13 heavy (non-hydrogen) atoms. The Kier molecular flexibility index (Phi) is 8.84. The van der Waals surface area contributed by atoms with Gasteiger partial charge in [-0.3, -0.25) is 0 Å². The zero-order chi connectivity index (χ0) is 9.56. The lowest BCUT2D eigenvalue weighted by molar-refractivity contribution is -0.138. The highest BCUT2D eigenvalue weighted by atomic mass is 35.5. The minimum Gasteiger partial charge on any atom is -0.508 e. The molecule has 7 heteroatoms. The second kappa shape index (κ2) is 7.82. The zero-order valence-electron chi connectivity index (χ0n) is 6.82. The Balaban J connectivity index is 0. The lowest BCUT2D eigenvalue weighted by Crippen LogP contribution is -2.08. The summed E-state index contributed by atoms with van der Waals surface area (Å²) in [6.07, 6.45) is 0. The number of allylic oxidation sites excluding steroid dienone is 1. The van der Waals surface area contributed by atoms with Crippen LogP contribution in [0, 0.1) is 4.91 Å². The second-order valence-electron chi connectivity index (χ2n) is 1.74. The van der Waals surface area contributed by atoms with E-state index in [-0.39, 0.29) is 24.9 Å². The molecule has 0 unspecified atom stereocenters. The van der Waals surface area contributed by atoms with E-state index < -0.39 is 17.4 Å². The molecule has 0 aromatic carbocycles. The fraction of sp³-hybridized carbons (Fsp3) is 0.500. The van der Waals surface area contributed by atoms with Gasteiger partial charge in [0.15, 0.2) is 0 Å². The number of aliphatic hydroxyl groups excluding tert-OH is 1. The van der Waals surface area contributed by atoms with Crippen molar-refractivity contribution in [2.75, 3.05) is 12.5 Å². The number of nitroso groups, excluding NO2 is 1. The second-order valence-corrected chi connectivity index (χ2v) is 2.01. The average Bonchev–Trinajstić information content (AvgIpc) is 2.06. The van der Waals surface area contributed by atoms with Gasteiger partial charge < -0.3 is 9.84 Å². The number of alkyl halides is 1. The van der Waals surface area contributed by atoms with Crippen molar-refractivity contribution in [1.82, 2.24) is 0 Å². The third kappa shape index (κ3) is 4.69. The standard InChI is InChI=1S/C6H8ClNO4.ClH/c1-2-12-6(10)5(8-11)4(9)3-7;/h9H,2-3H2,1H3;1H. The summed E-state index contributed by atoms with van der Waals surface area (Å²) in [7, 11) is 0. The van der Waals surface area contributed by atoms with E-state index in [1.807, 2.05) is 0 Å². The molecule has 0 saturated heterocycles. The summed E-state index contributed by atoms with van der Waals surface area (Å²) in [5.74, 6) is -1.89. The highest BCUT2D eigenvalue weighted by molar-refractivity contribution is 6.19. The van der Waals surface area contributed by atoms with E-state index in [0.717, 1.165) is 0 Å². The summed E-state index contributed by atoms with van der Waals surface area (Å²) in [5, 5.41) is 11.2. The molecule has 0 aromatic heterocycles. The van der Waals surface area contributed by atoms with Crippen LogP contribution in [0.15, 0.2) is 16.6 Å². The molecule has 0 aliphatic heterocycles. The molecule has 0 aromatic rings. The topological polar surface area (TPSA) is 76.0 Å². The molecule has 0 atom stereocenters. The predicted octanol–water partition coefficient (Wildman–Crippen LogP) is 1.75. The monoisotopic (exact) mass is 229 g/mol. The Bertz CT molecular complexity index is 217. The molecule has 0 aliphatic rings. The molecule has 0 bridgehead atoms. The normalized spacial score (nSPS) is 10.9. The van der Waals surface area contributed by atoms with Gasteiger partial charge in [-0.25, -0.2) is 4.79 Å². The molecule has 0 saturated carbocycles. The third-order valence-electron chi connectivity index (χ3n) is 0.960. The quantitative estimate of drug-likeness (QED) is 0.262. The van der Waals surface area contributed by atoms with Crippen LogP contribution in [0.5, 0.6) is 0 Å². The van der Waals surface area contributed by atoms with Crippen molar-refractivity contribution in [2.45, 2.75) is 6.92 Å². The zero-order valence-corrected chi connectivity index (χ0v) is 8.39. The first-order valence-electron chi connectivity index (χ1n) is 3.15. The van der Waals surface area contributed by atoms with Crippen LogP contribution in [0.25, 0.3) is 0 Å². The number of carbonyl (C=O) groups is 1. The molecule has 0 heterocycles. The van der Waals surface area contributed by atoms with Crippen LogP contribution in [0.1, 0.15) is 6.92 Å². The van der Waals surface area contributed by atoms with Crippen LogP contribution in [-0.2, 0) is 9.53 Å². The molecular formula is C6H9Cl2NO4. The predicted molar refractivity (Wildman–Crippen MR) is 50.1 cm³/mol. The largest absolute Gasteiger partial charge is 0.508 e. The minimum absolute atomic E-state index is 0. The first-order chi connectivity index (χ1) is 5.67. The molecule has 0 spiro atoms. The van der Waals surface area contributed by atoms with Crippen molar-refractivity contribution in [2.24, 2.45) is 5.18 Å². The molecule has 0 radical (unpaired) electrons. The third-order valence-corrected chi connectivity index (χ3v) is 1.21. The lowest BCUT2D eigenvalue weighted by Gasteiger charge is -2.00. The van der Waals surface area contributed by atoms with Crippen molar-refractivity contribution in [1.29, 1.82) is 0 Å². The number of hydrogen-bond donors (Lipinski definition) is 1. The lowest BCUT2D eigenvalue weighted by atomic mass is 10.4. The Morgan fingerprint density at radius 3 is 2.46 bits per heavy atom. The van der Waals surface area contributed by atoms with Crippen molar-refractivity contribution >= 4 is 30.0 Å². The van der Waals surface area contributed by atoms with E-state index in [1.54, 1.807) is 6.92 Å². The summed E-state index contributed by atoms with van der Waals surface area (Å²) in [6.45, 7) is 1.67. The number of esters is 1. The minimum atomic E-state index is -0.967. The number of halogens is 2. The molecule has 0 fully saturated rings. The summed E-state index contributed by atoms with van der Waals surface area (Å²) in [5.41, 5.74) is -0.674. The number of nitrogens with zero attached hydrogens (tertiary/aromatic N) is 1. The van der Waals surface area contributed by atoms with Gasteiger partial charge in [0.2, 0.25) is 5.70 Å². The number of aliphatic hydroxyl groups is 1. The molecule has 0 rings (SSSR count). The fourth-order valence-corrected chi connectivity index (χ4v) is 0.597. The summed E-state index contributed by atoms with van der Waals surface area (Å²) >= 11 is 5.16. The molecule has 1 N–H and O–H groups in total. The highest BCUT2D eigenvalue weighted by Crippen LogP contribution is 2.06. The Hall–Kier alpha value is -0.810. The molecule has 5 nitrogen and oxygen atoms in total. The van der Waals surface area contributed by atoms with Crippen molar-refractivity contribution in [3.05, 3.63) is 16.4 Å². The SMILES string of the molecule is CCOC(=O)C(N=O)=C(O)CCl.Cl. The van der Waals surface area contributed by atoms with E-state index in [4.69, 9.17) is 16.7 Å². The van der Waals surface area contributed by atoms with Gasteiger partial charge in [0, 0.05) is 0 Å². The van der Waals surface area contributed by atoms with Crippen LogP contribution < -0.4 is 0 Å². The summed E-state index contributed by atoms with van der Waals surface area (Å²) < 4.78 is 4.41. The maximum atomic E-state index is 10.8. The van der Waals surface area contributed by atoms with Gasteiger partial charge in [-0.15, -0.1) is 28.9 Å². The maximum absolute atomic E-state index is 10.8. The van der Waals surface area contributed by atoms with Crippen LogP contribution in [0.3, 0.4) is 0 Å². The van der Waals surface area contributed by atoms with Crippen LogP contribution in [0.4, 0.5) is 0 Å². The van der Waals surface area contributed by atoms with E-state index in [1.165, 1.54) is 0 Å². The van der Waals surface area contributed by atoms with Gasteiger partial charge in [-0.1, -0.05) is 0 Å². The van der Waals surface area contributed by atoms with Crippen LogP contribution in [0.2, 0.25) is 0 Å². The Labute approximate surface area is 86.1 Å².